The molecule has 1 aromatic heterocycles. The summed E-state index contributed by atoms with van der Waals surface area (Å²) in [5.41, 5.74) is 3.49. The Morgan fingerprint density at radius 2 is 2.10 bits per heavy atom. The Morgan fingerprint density at radius 1 is 1.38 bits per heavy atom. The van der Waals surface area contributed by atoms with Crippen LogP contribution in [0.25, 0.3) is 0 Å². The Balaban J connectivity index is 2.31. The molecule has 0 aliphatic heterocycles. The summed E-state index contributed by atoms with van der Waals surface area (Å²) in [6.07, 6.45) is 0.619. The van der Waals surface area contributed by atoms with Gasteiger partial charge in [0.15, 0.2) is 0 Å². The lowest BCUT2D eigenvalue weighted by atomic mass is 9.99. The zero-order valence-corrected chi connectivity index (χ0v) is 14.1. The molecule has 0 spiro atoms. The van der Waals surface area contributed by atoms with Gasteiger partial charge < -0.3 is 5.11 Å². The third kappa shape index (κ3) is 3.35. The van der Waals surface area contributed by atoms with Gasteiger partial charge in [0.05, 0.1) is 22.0 Å². The van der Waals surface area contributed by atoms with E-state index in [4.69, 9.17) is 0 Å². The van der Waals surface area contributed by atoms with Crippen molar-refractivity contribution >= 4 is 15.9 Å². The van der Waals surface area contributed by atoms with Gasteiger partial charge in [0, 0.05) is 13.0 Å². The Hall–Kier alpha value is -1.20. The minimum Gasteiger partial charge on any atom is -0.388 e. The first-order valence-electron chi connectivity index (χ1n) is 7.16. The fourth-order valence-electron chi connectivity index (χ4n) is 2.52. The summed E-state index contributed by atoms with van der Waals surface area (Å²) in [5.74, 6) is -0.281. The van der Waals surface area contributed by atoms with E-state index >= 15 is 0 Å². The summed E-state index contributed by atoms with van der Waals surface area (Å²) in [4.78, 5) is 0. The molecule has 1 unspecified atom stereocenters. The van der Waals surface area contributed by atoms with Gasteiger partial charge in [0.2, 0.25) is 0 Å². The zero-order valence-electron chi connectivity index (χ0n) is 12.5. The number of rotatable bonds is 5. The smallest absolute Gasteiger partial charge is 0.123 e. The molecule has 0 bridgehead atoms. The lowest BCUT2D eigenvalue weighted by Gasteiger charge is -2.15. The van der Waals surface area contributed by atoms with E-state index in [0.29, 0.717) is 6.42 Å². The van der Waals surface area contributed by atoms with Crippen molar-refractivity contribution < 1.29 is 9.50 Å². The molecule has 21 heavy (non-hydrogen) atoms. The van der Waals surface area contributed by atoms with Crippen molar-refractivity contribution in [3.8, 4) is 0 Å². The van der Waals surface area contributed by atoms with E-state index in [1.54, 1.807) is 6.07 Å². The van der Waals surface area contributed by atoms with E-state index in [9.17, 15) is 9.50 Å². The van der Waals surface area contributed by atoms with Gasteiger partial charge in [0.25, 0.3) is 0 Å². The molecule has 1 aromatic carbocycles. The van der Waals surface area contributed by atoms with Gasteiger partial charge in [-0.15, -0.1) is 0 Å². The minimum atomic E-state index is -0.673. The molecule has 0 aliphatic rings. The van der Waals surface area contributed by atoms with Crippen molar-refractivity contribution in [2.24, 2.45) is 0 Å². The molecule has 0 fully saturated rings. The molecule has 0 saturated carbocycles. The maximum absolute atomic E-state index is 13.2. The third-order valence-corrected chi connectivity index (χ3v) is 4.59. The third-order valence-electron chi connectivity index (χ3n) is 3.67. The fraction of sp³-hybridized carbons (Fsp3) is 0.438. The van der Waals surface area contributed by atoms with Crippen molar-refractivity contribution in [3.05, 3.63) is 51.0 Å². The van der Waals surface area contributed by atoms with Gasteiger partial charge in [-0.25, -0.2) is 4.39 Å². The normalized spacial score (nSPS) is 12.7. The molecule has 2 rings (SSSR count). The molecule has 5 heteroatoms. The molecule has 114 valence electrons. The molecule has 1 heterocycles. The first kappa shape index (κ1) is 16.2. The number of aliphatic hydroxyl groups excluding tert-OH is 1. The molecule has 0 saturated heterocycles. The maximum atomic E-state index is 13.2. The van der Waals surface area contributed by atoms with Crippen LogP contribution in [0.1, 0.15) is 42.5 Å². The SMILES string of the molecule is CCc1nn(CC)c(CC(O)c2ccc(F)cc2C)c1Br. The zero-order chi connectivity index (χ0) is 15.6. The van der Waals surface area contributed by atoms with Crippen molar-refractivity contribution in [2.75, 3.05) is 0 Å². The van der Waals surface area contributed by atoms with Crippen LogP contribution in [0.2, 0.25) is 0 Å². The maximum Gasteiger partial charge on any atom is 0.123 e. The second-order valence-electron chi connectivity index (χ2n) is 5.10. The van der Waals surface area contributed by atoms with Crippen molar-refractivity contribution in [2.45, 2.75) is 46.3 Å². The van der Waals surface area contributed by atoms with Crippen molar-refractivity contribution in [1.29, 1.82) is 0 Å². The van der Waals surface area contributed by atoms with Crippen LogP contribution in [-0.2, 0) is 19.4 Å². The number of benzene rings is 1. The number of aromatic nitrogens is 2. The number of hydrogen-bond donors (Lipinski definition) is 1. The standard InChI is InChI=1S/C16H20BrFN2O/c1-4-13-16(17)14(20(5-2)19-13)9-15(21)12-7-6-11(18)8-10(12)3/h6-8,15,21H,4-5,9H2,1-3H3. The molecular weight excluding hydrogens is 335 g/mol. The second-order valence-corrected chi connectivity index (χ2v) is 5.89. The Kier molecular flexibility index (Phi) is 5.17. The summed E-state index contributed by atoms with van der Waals surface area (Å²) in [5, 5.41) is 15.0. The number of halogens is 2. The highest BCUT2D eigenvalue weighted by Crippen LogP contribution is 2.28. The summed E-state index contributed by atoms with van der Waals surface area (Å²) >= 11 is 3.58. The van der Waals surface area contributed by atoms with Gasteiger partial charge >= 0.3 is 0 Å². The molecular formula is C16H20BrFN2O. The largest absolute Gasteiger partial charge is 0.388 e. The molecule has 0 aliphatic carbocycles. The quantitative estimate of drug-likeness (QED) is 0.882. The number of hydrogen-bond acceptors (Lipinski definition) is 2. The van der Waals surface area contributed by atoms with Crippen LogP contribution in [0.5, 0.6) is 0 Å². The highest BCUT2D eigenvalue weighted by molar-refractivity contribution is 9.10. The molecule has 0 radical (unpaired) electrons. The van der Waals surface area contributed by atoms with Gasteiger partial charge in [0.1, 0.15) is 5.82 Å². The Bertz CT molecular complexity index is 639. The Morgan fingerprint density at radius 3 is 2.67 bits per heavy atom. The molecule has 1 N–H and O–H groups in total. The topological polar surface area (TPSA) is 38.0 Å². The fourth-order valence-corrected chi connectivity index (χ4v) is 3.24. The van der Waals surface area contributed by atoms with E-state index < -0.39 is 6.10 Å². The first-order chi connectivity index (χ1) is 9.97. The van der Waals surface area contributed by atoms with Crippen LogP contribution in [0.15, 0.2) is 22.7 Å². The summed E-state index contributed by atoms with van der Waals surface area (Å²) < 4.78 is 16.0. The van der Waals surface area contributed by atoms with E-state index in [1.165, 1.54) is 12.1 Å². The summed E-state index contributed by atoms with van der Waals surface area (Å²) in [7, 11) is 0. The van der Waals surface area contributed by atoms with Gasteiger partial charge in [-0.1, -0.05) is 13.0 Å². The van der Waals surface area contributed by atoms with E-state index in [-0.39, 0.29) is 5.82 Å². The predicted octanol–water partition coefficient (Wildman–Crippen LogP) is 3.95. The average Bonchev–Trinajstić information content (AvgIpc) is 2.75. The average molecular weight is 355 g/mol. The summed E-state index contributed by atoms with van der Waals surface area (Å²) in [6.45, 7) is 6.64. The molecule has 1 atom stereocenters. The number of aliphatic hydroxyl groups is 1. The van der Waals surface area contributed by atoms with Crippen LogP contribution in [0.3, 0.4) is 0 Å². The summed E-state index contributed by atoms with van der Waals surface area (Å²) in [6, 6.07) is 4.48. The molecule has 3 nitrogen and oxygen atoms in total. The number of aryl methyl sites for hydroxylation is 3. The van der Waals surface area contributed by atoms with Crippen LogP contribution >= 0.6 is 15.9 Å². The highest BCUT2D eigenvalue weighted by Gasteiger charge is 2.19. The highest BCUT2D eigenvalue weighted by atomic mass is 79.9. The second kappa shape index (κ2) is 6.71. The van der Waals surface area contributed by atoms with Gasteiger partial charge in [-0.05, 0) is 59.5 Å². The van der Waals surface area contributed by atoms with Crippen LogP contribution in [0, 0.1) is 12.7 Å². The molecule has 0 amide bonds. The first-order valence-corrected chi connectivity index (χ1v) is 7.95. The monoisotopic (exact) mass is 354 g/mol. The minimum absolute atomic E-state index is 0.281. The van der Waals surface area contributed by atoms with Crippen LogP contribution < -0.4 is 0 Å². The van der Waals surface area contributed by atoms with Crippen molar-refractivity contribution in [3.63, 3.8) is 0 Å². The number of nitrogens with zero attached hydrogens (tertiary/aromatic N) is 2. The van der Waals surface area contributed by atoms with E-state index in [0.717, 1.165) is 40.0 Å². The van der Waals surface area contributed by atoms with Crippen LogP contribution in [0.4, 0.5) is 4.39 Å². The lowest BCUT2D eigenvalue weighted by molar-refractivity contribution is 0.174. The predicted molar refractivity (Wildman–Crippen MR) is 84.8 cm³/mol. The molecule has 2 aromatic rings. The van der Waals surface area contributed by atoms with Crippen LogP contribution in [-0.4, -0.2) is 14.9 Å². The Labute approximate surface area is 132 Å². The van der Waals surface area contributed by atoms with E-state index in [2.05, 4.69) is 28.0 Å². The van der Waals surface area contributed by atoms with Crippen molar-refractivity contribution in [1.82, 2.24) is 9.78 Å². The van der Waals surface area contributed by atoms with Gasteiger partial charge in [-0.2, -0.15) is 5.10 Å². The van der Waals surface area contributed by atoms with Gasteiger partial charge in [-0.3, -0.25) is 4.68 Å². The van der Waals surface area contributed by atoms with E-state index in [1.807, 2.05) is 18.5 Å². The lowest BCUT2D eigenvalue weighted by Crippen LogP contribution is -2.10.